The molecule has 0 fully saturated rings. The second-order valence-electron chi connectivity index (χ2n) is 6.15. The summed E-state index contributed by atoms with van der Waals surface area (Å²) in [7, 11) is 0. The SMILES string of the molecule is Cc1ccc(CNC(=O)c2nnc(/C(Cl)=C/c3ccc(N)c([N+](=O)[O-])c3)s2)cc1. The Balaban J connectivity index is 1.70. The molecule has 8 nitrogen and oxygen atoms in total. The van der Waals surface area contributed by atoms with Crippen LogP contribution in [0, 0.1) is 17.0 Å². The van der Waals surface area contributed by atoms with E-state index in [1.54, 1.807) is 6.07 Å². The summed E-state index contributed by atoms with van der Waals surface area (Å²) >= 11 is 7.28. The average Bonchev–Trinajstić information content (AvgIpc) is 3.19. The van der Waals surface area contributed by atoms with Gasteiger partial charge in [0, 0.05) is 12.6 Å². The number of nitrogens with two attached hydrogens (primary N) is 1. The number of carbonyl (C=O) groups excluding carboxylic acids is 1. The van der Waals surface area contributed by atoms with E-state index in [9.17, 15) is 14.9 Å². The minimum atomic E-state index is -0.567. The molecule has 0 unspecified atom stereocenters. The summed E-state index contributed by atoms with van der Waals surface area (Å²) in [6.45, 7) is 2.36. The number of hydrogen-bond acceptors (Lipinski definition) is 7. The molecule has 1 heterocycles. The van der Waals surface area contributed by atoms with Crippen LogP contribution in [0.25, 0.3) is 11.1 Å². The van der Waals surface area contributed by atoms with E-state index in [1.807, 2.05) is 31.2 Å². The van der Waals surface area contributed by atoms with E-state index in [4.69, 9.17) is 17.3 Å². The molecule has 0 atom stereocenters. The van der Waals surface area contributed by atoms with E-state index in [-0.39, 0.29) is 27.3 Å². The van der Waals surface area contributed by atoms with Gasteiger partial charge in [0.1, 0.15) is 5.69 Å². The zero-order valence-electron chi connectivity index (χ0n) is 15.3. The molecule has 1 aromatic heterocycles. The Bertz CT molecular complexity index is 1100. The molecule has 0 aliphatic heterocycles. The topological polar surface area (TPSA) is 124 Å². The molecule has 148 valence electrons. The number of rotatable bonds is 6. The highest BCUT2D eigenvalue weighted by molar-refractivity contribution is 7.15. The number of nitrogens with one attached hydrogen (secondary N) is 1. The zero-order chi connectivity index (χ0) is 21.0. The summed E-state index contributed by atoms with van der Waals surface area (Å²) in [5, 5.41) is 22.3. The number of amides is 1. The fourth-order valence-corrected chi connectivity index (χ4v) is 3.34. The van der Waals surface area contributed by atoms with Crippen molar-refractivity contribution < 1.29 is 9.72 Å². The van der Waals surface area contributed by atoms with E-state index in [0.29, 0.717) is 17.1 Å². The molecule has 3 aromatic rings. The molecule has 2 aromatic carbocycles. The van der Waals surface area contributed by atoms with Crippen LogP contribution in [-0.2, 0) is 6.54 Å². The predicted molar refractivity (Wildman–Crippen MR) is 113 cm³/mol. The van der Waals surface area contributed by atoms with Crippen molar-refractivity contribution in [3.8, 4) is 0 Å². The predicted octanol–water partition coefficient (Wildman–Crippen LogP) is 4.00. The van der Waals surface area contributed by atoms with Gasteiger partial charge < -0.3 is 11.1 Å². The zero-order valence-corrected chi connectivity index (χ0v) is 16.8. The maximum absolute atomic E-state index is 12.3. The van der Waals surface area contributed by atoms with Crippen molar-refractivity contribution in [2.75, 3.05) is 5.73 Å². The van der Waals surface area contributed by atoms with Gasteiger partial charge in [-0.2, -0.15) is 0 Å². The van der Waals surface area contributed by atoms with E-state index in [1.165, 1.54) is 18.2 Å². The number of nitrogens with zero attached hydrogens (tertiary/aromatic N) is 3. The summed E-state index contributed by atoms with van der Waals surface area (Å²) in [6.07, 6.45) is 1.50. The molecule has 0 bridgehead atoms. The molecule has 3 rings (SSSR count). The average molecular weight is 430 g/mol. The molecule has 0 spiro atoms. The Hall–Kier alpha value is -3.30. The van der Waals surface area contributed by atoms with Crippen LogP contribution < -0.4 is 11.1 Å². The summed E-state index contributed by atoms with van der Waals surface area (Å²) in [5.41, 5.74) is 8.03. The van der Waals surface area contributed by atoms with Crippen molar-refractivity contribution in [3.05, 3.63) is 79.3 Å². The van der Waals surface area contributed by atoms with Gasteiger partial charge in [0.25, 0.3) is 11.6 Å². The first kappa shape index (κ1) is 20.4. The lowest BCUT2D eigenvalue weighted by molar-refractivity contribution is -0.383. The lowest BCUT2D eigenvalue weighted by Gasteiger charge is -2.03. The highest BCUT2D eigenvalue weighted by atomic mass is 35.5. The number of halogens is 1. The Kier molecular flexibility index (Phi) is 6.20. The number of hydrogen-bond donors (Lipinski definition) is 2. The largest absolute Gasteiger partial charge is 0.393 e. The number of nitro groups is 1. The normalized spacial score (nSPS) is 11.3. The second kappa shape index (κ2) is 8.80. The second-order valence-corrected chi connectivity index (χ2v) is 7.53. The Morgan fingerprint density at radius 3 is 2.62 bits per heavy atom. The van der Waals surface area contributed by atoms with Crippen LogP contribution in [0.15, 0.2) is 42.5 Å². The standard InChI is InChI=1S/C19H16ClN5O3S/c1-11-2-4-12(5-3-11)10-22-17(26)19-24-23-18(29-19)14(20)8-13-6-7-15(21)16(9-13)25(27)28/h2-9H,10,21H2,1H3,(H,22,26)/b14-8-. The Morgan fingerprint density at radius 2 is 1.93 bits per heavy atom. The monoisotopic (exact) mass is 429 g/mol. The number of benzene rings is 2. The van der Waals surface area contributed by atoms with Gasteiger partial charge in [-0.05, 0) is 30.2 Å². The summed E-state index contributed by atoms with van der Waals surface area (Å²) in [4.78, 5) is 22.7. The number of carbonyl (C=O) groups is 1. The molecule has 0 aliphatic rings. The molecule has 0 radical (unpaired) electrons. The molecule has 3 N–H and O–H groups in total. The molecule has 0 saturated heterocycles. The van der Waals surface area contributed by atoms with Crippen LogP contribution in [0.5, 0.6) is 0 Å². The van der Waals surface area contributed by atoms with Crippen LogP contribution in [0.1, 0.15) is 31.5 Å². The molecule has 1 amide bonds. The van der Waals surface area contributed by atoms with Gasteiger partial charge in [0.2, 0.25) is 5.01 Å². The lowest BCUT2D eigenvalue weighted by Crippen LogP contribution is -2.22. The summed E-state index contributed by atoms with van der Waals surface area (Å²) in [5.74, 6) is -0.359. The van der Waals surface area contributed by atoms with Crippen molar-refractivity contribution in [2.45, 2.75) is 13.5 Å². The first-order chi connectivity index (χ1) is 13.8. The van der Waals surface area contributed by atoms with Crippen molar-refractivity contribution >= 4 is 51.3 Å². The van der Waals surface area contributed by atoms with Crippen LogP contribution >= 0.6 is 22.9 Å². The van der Waals surface area contributed by atoms with Crippen molar-refractivity contribution in [1.29, 1.82) is 0 Å². The lowest BCUT2D eigenvalue weighted by atomic mass is 10.1. The van der Waals surface area contributed by atoms with E-state index < -0.39 is 4.92 Å². The third kappa shape index (κ3) is 5.15. The first-order valence-corrected chi connectivity index (χ1v) is 9.61. The van der Waals surface area contributed by atoms with Gasteiger partial charge in [-0.15, -0.1) is 10.2 Å². The number of aryl methyl sites for hydroxylation is 1. The number of nitrogen functional groups attached to an aromatic ring is 1. The quantitative estimate of drug-likeness (QED) is 0.346. The number of anilines is 1. The van der Waals surface area contributed by atoms with Gasteiger partial charge in [0.15, 0.2) is 5.01 Å². The molecule has 29 heavy (non-hydrogen) atoms. The van der Waals surface area contributed by atoms with Crippen LogP contribution in [0.3, 0.4) is 0 Å². The molecule has 0 aliphatic carbocycles. The minimum Gasteiger partial charge on any atom is -0.393 e. The van der Waals surface area contributed by atoms with E-state index in [2.05, 4.69) is 15.5 Å². The highest BCUT2D eigenvalue weighted by Gasteiger charge is 2.15. The van der Waals surface area contributed by atoms with E-state index >= 15 is 0 Å². The van der Waals surface area contributed by atoms with Gasteiger partial charge in [-0.25, -0.2) is 0 Å². The van der Waals surface area contributed by atoms with Gasteiger partial charge in [-0.3, -0.25) is 14.9 Å². The summed E-state index contributed by atoms with van der Waals surface area (Å²) < 4.78 is 0. The van der Waals surface area contributed by atoms with Crippen molar-refractivity contribution in [1.82, 2.24) is 15.5 Å². The van der Waals surface area contributed by atoms with Crippen LogP contribution in [-0.4, -0.2) is 21.0 Å². The number of aromatic nitrogens is 2. The summed E-state index contributed by atoms with van der Waals surface area (Å²) in [6, 6.07) is 12.2. The minimum absolute atomic E-state index is 0.0618. The Morgan fingerprint density at radius 1 is 1.24 bits per heavy atom. The Labute approximate surface area is 175 Å². The van der Waals surface area contributed by atoms with E-state index in [0.717, 1.165) is 22.5 Å². The third-order valence-corrected chi connectivity index (χ3v) is 5.30. The van der Waals surface area contributed by atoms with Crippen LogP contribution in [0.4, 0.5) is 11.4 Å². The van der Waals surface area contributed by atoms with Crippen molar-refractivity contribution in [2.24, 2.45) is 0 Å². The molecule has 10 heteroatoms. The maximum atomic E-state index is 12.3. The maximum Gasteiger partial charge on any atom is 0.292 e. The molecular formula is C19H16ClN5O3S. The first-order valence-electron chi connectivity index (χ1n) is 8.42. The fourth-order valence-electron chi connectivity index (χ4n) is 2.39. The smallest absolute Gasteiger partial charge is 0.292 e. The van der Waals surface area contributed by atoms with Crippen molar-refractivity contribution in [3.63, 3.8) is 0 Å². The number of nitro benzene ring substituents is 1. The highest BCUT2D eigenvalue weighted by Crippen LogP contribution is 2.28. The van der Waals surface area contributed by atoms with Crippen LogP contribution in [0.2, 0.25) is 0 Å². The molecule has 0 saturated carbocycles. The molecular weight excluding hydrogens is 414 g/mol. The van der Waals surface area contributed by atoms with Gasteiger partial charge in [0.05, 0.1) is 9.96 Å². The third-order valence-electron chi connectivity index (χ3n) is 3.94. The van der Waals surface area contributed by atoms with Gasteiger partial charge in [-0.1, -0.05) is 58.8 Å². The van der Waals surface area contributed by atoms with Gasteiger partial charge >= 0.3 is 0 Å². The fraction of sp³-hybridized carbons (Fsp3) is 0.105.